The normalized spacial score (nSPS) is 14.8. The number of likely N-dealkylation sites (tertiary alicyclic amines) is 1. The molecule has 0 saturated carbocycles. The molecule has 1 aliphatic heterocycles. The first-order valence-corrected chi connectivity index (χ1v) is 9.65. The second-order valence-electron chi connectivity index (χ2n) is 8.28. The zero-order chi connectivity index (χ0) is 19.7. The molecule has 146 valence electrons. The van der Waals surface area contributed by atoms with E-state index in [1.165, 1.54) is 11.1 Å². The number of hydrogen-bond acceptors (Lipinski definition) is 3. The first-order valence-electron chi connectivity index (χ1n) is 9.65. The summed E-state index contributed by atoms with van der Waals surface area (Å²) in [7, 11) is 0. The molecular formula is C23H26N2O3. The van der Waals surface area contributed by atoms with Crippen molar-refractivity contribution in [2.24, 2.45) is 0 Å². The minimum absolute atomic E-state index is 0.0105. The van der Waals surface area contributed by atoms with E-state index >= 15 is 0 Å². The predicted molar refractivity (Wildman–Crippen MR) is 110 cm³/mol. The Kier molecular flexibility index (Phi) is 4.75. The molecule has 5 nitrogen and oxygen atoms in total. The summed E-state index contributed by atoms with van der Waals surface area (Å²) in [5.41, 5.74) is 1.98. The number of ether oxygens (including phenoxy) is 2. The molecule has 1 fully saturated rings. The maximum atomic E-state index is 12.0. The lowest BCUT2D eigenvalue weighted by Crippen LogP contribution is -2.57. The zero-order valence-electron chi connectivity index (χ0n) is 16.6. The maximum absolute atomic E-state index is 12.0. The van der Waals surface area contributed by atoms with Crippen LogP contribution in [0.15, 0.2) is 60.8 Å². The number of benzene rings is 2. The van der Waals surface area contributed by atoms with Gasteiger partial charge < -0.3 is 18.9 Å². The number of aromatic nitrogens is 1. The summed E-state index contributed by atoms with van der Waals surface area (Å²) in [6.45, 7) is 7.58. The first-order chi connectivity index (χ1) is 13.4. The van der Waals surface area contributed by atoms with E-state index in [0.717, 1.165) is 17.7 Å². The molecule has 28 heavy (non-hydrogen) atoms. The molecule has 0 spiro atoms. The van der Waals surface area contributed by atoms with Gasteiger partial charge in [0.05, 0.1) is 13.1 Å². The fourth-order valence-electron chi connectivity index (χ4n) is 3.35. The monoisotopic (exact) mass is 378 g/mol. The van der Waals surface area contributed by atoms with Crippen molar-refractivity contribution < 1.29 is 14.3 Å². The standard InChI is InChI=1S/C23H26N2O3/c1-23(2,3)28-22(26)25-15-20(16-25)27-19-9-10-21-18(13-19)11-12-24(21)14-17-7-5-4-6-8-17/h4-13,20H,14-16H2,1-3H3. The highest BCUT2D eigenvalue weighted by atomic mass is 16.6. The topological polar surface area (TPSA) is 43.7 Å². The molecule has 2 aromatic carbocycles. The quantitative estimate of drug-likeness (QED) is 0.662. The largest absolute Gasteiger partial charge is 0.487 e. The van der Waals surface area contributed by atoms with Crippen LogP contribution in [-0.4, -0.2) is 40.4 Å². The van der Waals surface area contributed by atoms with E-state index in [1.807, 2.05) is 32.9 Å². The summed E-state index contributed by atoms with van der Waals surface area (Å²) >= 11 is 0. The number of nitrogens with zero attached hydrogens (tertiary/aromatic N) is 2. The van der Waals surface area contributed by atoms with Gasteiger partial charge in [0.25, 0.3) is 0 Å². The van der Waals surface area contributed by atoms with Gasteiger partial charge in [-0.15, -0.1) is 0 Å². The molecule has 4 rings (SSSR count). The number of amides is 1. The van der Waals surface area contributed by atoms with Gasteiger partial charge in [-0.1, -0.05) is 30.3 Å². The fourth-order valence-corrected chi connectivity index (χ4v) is 3.35. The van der Waals surface area contributed by atoms with Crippen molar-refractivity contribution in [3.05, 3.63) is 66.4 Å². The molecular weight excluding hydrogens is 352 g/mol. The fraction of sp³-hybridized carbons (Fsp3) is 0.348. The molecule has 0 bridgehead atoms. The second kappa shape index (κ2) is 7.23. The highest BCUT2D eigenvalue weighted by Crippen LogP contribution is 2.26. The van der Waals surface area contributed by atoms with Gasteiger partial charge in [0.2, 0.25) is 0 Å². The number of fused-ring (bicyclic) bond motifs is 1. The third kappa shape index (κ3) is 4.14. The number of rotatable bonds is 4. The summed E-state index contributed by atoms with van der Waals surface area (Å²) in [6.07, 6.45) is 1.84. The molecule has 0 atom stereocenters. The molecule has 0 unspecified atom stereocenters. The van der Waals surface area contributed by atoms with Crippen LogP contribution in [0.1, 0.15) is 26.3 Å². The molecule has 0 N–H and O–H groups in total. The van der Waals surface area contributed by atoms with Crippen LogP contribution in [0.4, 0.5) is 4.79 Å². The van der Waals surface area contributed by atoms with Gasteiger partial charge in [0, 0.05) is 23.6 Å². The van der Waals surface area contributed by atoms with Crippen LogP contribution in [0.5, 0.6) is 5.75 Å². The van der Waals surface area contributed by atoms with Gasteiger partial charge in [0.1, 0.15) is 17.5 Å². The zero-order valence-corrected chi connectivity index (χ0v) is 16.6. The van der Waals surface area contributed by atoms with E-state index in [1.54, 1.807) is 4.90 Å². The molecule has 0 radical (unpaired) electrons. The van der Waals surface area contributed by atoms with Crippen LogP contribution in [-0.2, 0) is 11.3 Å². The maximum Gasteiger partial charge on any atom is 0.410 e. The van der Waals surface area contributed by atoms with Gasteiger partial charge >= 0.3 is 6.09 Å². The van der Waals surface area contributed by atoms with Crippen LogP contribution in [0.2, 0.25) is 0 Å². The molecule has 1 amide bonds. The van der Waals surface area contributed by atoms with Gasteiger partial charge in [0.15, 0.2) is 0 Å². The Balaban J connectivity index is 1.37. The number of carbonyl (C=O) groups is 1. The van der Waals surface area contributed by atoms with E-state index in [0.29, 0.717) is 13.1 Å². The molecule has 0 aliphatic carbocycles. The summed E-state index contributed by atoms with van der Waals surface area (Å²) in [5.74, 6) is 0.832. The minimum atomic E-state index is -0.471. The van der Waals surface area contributed by atoms with Crippen LogP contribution >= 0.6 is 0 Å². The van der Waals surface area contributed by atoms with Crippen molar-refractivity contribution in [3.8, 4) is 5.75 Å². The van der Waals surface area contributed by atoms with Crippen molar-refractivity contribution in [2.45, 2.75) is 39.0 Å². The van der Waals surface area contributed by atoms with Crippen molar-refractivity contribution in [2.75, 3.05) is 13.1 Å². The van der Waals surface area contributed by atoms with Crippen molar-refractivity contribution in [3.63, 3.8) is 0 Å². The number of hydrogen-bond donors (Lipinski definition) is 0. The highest BCUT2D eigenvalue weighted by molar-refractivity contribution is 5.81. The summed E-state index contributed by atoms with van der Waals surface area (Å²) in [4.78, 5) is 13.7. The van der Waals surface area contributed by atoms with E-state index in [4.69, 9.17) is 9.47 Å². The Morgan fingerprint density at radius 2 is 1.82 bits per heavy atom. The Bertz CT molecular complexity index is 966. The third-order valence-corrected chi connectivity index (χ3v) is 4.74. The van der Waals surface area contributed by atoms with Crippen LogP contribution < -0.4 is 4.74 Å². The number of carbonyl (C=O) groups excluding carboxylic acids is 1. The van der Waals surface area contributed by atoms with Crippen LogP contribution in [0.3, 0.4) is 0 Å². The Labute approximate surface area is 165 Å². The van der Waals surface area contributed by atoms with Crippen LogP contribution in [0, 0.1) is 0 Å². The second-order valence-corrected chi connectivity index (χ2v) is 8.28. The average molecular weight is 378 g/mol. The summed E-state index contributed by atoms with van der Waals surface area (Å²) in [5, 5.41) is 1.15. The lowest BCUT2D eigenvalue weighted by molar-refractivity contribution is -0.0221. The Hall–Kier alpha value is -2.95. The Morgan fingerprint density at radius 3 is 2.54 bits per heavy atom. The van der Waals surface area contributed by atoms with Crippen molar-refractivity contribution in [1.29, 1.82) is 0 Å². The van der Waals surface area contributed by atoms with Gasteiger partial charge in [-0.3, -0.25) is 0 Å². The lowest BCUT2D eigenvalue weighted by atomic mass is 10.1. The molecule has 1 saturated heterocycles. The minimum Gasteiger partial charge on any atom is -0.487 e. The van der Waals surface area contributed by atoms with E-state index in [-0.39, 0.29) is 12.2 Å². The molecule has 3 aromatic rings. The molecule has 1 aromatic heterocycles. The molecule has 2 heterocycles. The highest BCUT2D eigenvalue weighted by Gasteiger charge is 2.35. The molecule has 5 heteroatoms. The SMILES string of the molecule is CC(C)(C)OC(=O)N1CC(Oc2ccc3c(ccn3Cc3ccccc3)c2)C1. The van der Waals surface area contributed by atoms with Gasteiger partial charge in [-0.2, -0.15) is 0 Å². The first kappa shape index (κ1) is 18.4. The van der Waals surface area contributed by atoms with E-state index in [9.17, 15) is 4.79 Å². The Morgan fingerprint density at radius 1 is 1.07 bits per heavy atom. The third-order valence-electron chi connectivity index (χ3n) is 4.74. The van der Waals surface area contributed by atoms with Crippen molar-refractivity contribution >= 4 is 17.0 Å². The van der Waals surface area contributed by atoms with E-state index < -0.39 is 5.60 Å². The van der Waals surface area contributed by atoms with E-state index in [2.05, 4.69) is 53.2 Å². The van der Waals surface area contributed by atoms with Crippen molar-refractivity contribution in [1.82, 2.24) is 9.47 Å². The predicted octanol–water partition coefficient (Wildman–Crippen LogP) is 4.69. The summed E-state index contributed by atoms with van der Waals surface area (Å²) in [6, 6.07) is 18.7. The van der Waals surface area contributed by atoms with Gasteiger partial charge in [-0.25, -0.2) is 4.79 Å². The summed E-state index contributed by atoms with van der Waals surface area (Å²) < 4.78 is 13.7. The molecule has 1 aliphatic rings. The smallest absolute Gasteiger partial charge is 0.410 e. The lowest BCUT2D eigenvalue weighted by Gasteiger charge is -2.39. The average Bonchev–Trinajstić information content (AvgIpc) is 2.99. The van der Waals surface area contributed by atoms with Crippen LogP contribution in [0.25, 0.3) is 10.9 Å². The van der Waals surface area contributed by atoms with Gasteiger partial charge in [-0.05, 0) is 50.6 Å².